The second-order valence-electron chi connectivity index (χ2n) is 5.88. The van der Waals surface area contributed by atoms with Gasteiger partial charge in [0.15, 0.2) is 0 Å². The van der Waals surface area contributed by atoms with Crippen LogP contribution in [0.25, 0.3) is 0 Å². The zero-order valence-electron chi connectivity index (χ0n) is 12.9. The highest BCUT2D eigenvalue weighted by Gasteiger charge is 2.43. The van der Waals surface area contributed by atoms with Crippen LogP contribution in [0.4, 0.5) is 0 Å². The van der Waals surface area contributed by atoms with E-state index in [1.165, 1.54) is 5.56 Å². The first-order valence-corrected chi connectivity index (χ1v) is 7.91. The van der Waals surface area contributed by atoms with Crippen LogP contribution in [-0.4, -0.2) is 11.8 Å². The number of nitrogens with one attached hydrogen (secondary N) is 2. The highest BCUT2D eigenvalue weighted by molar-refractivity contribution is 5.86. The van der Waals surface area contributed by atoms with E-state index in [2.05, 4.69) is 10.9 Å². The van der Waals surface area contributed by atoms with Crippen molar-refractivity contribution in [2.24, 2.45) is 5.92 Å². The van der Waals surface area contributed by atoms with Crippen molar-refractivity contribution in [3.63, 3.8) is 0 Å². The van der Waals surface area contributed by atoms with Crippen LogP contribution >= 0.6 is 0 Å². The van der Waals surface area contributed by atoms with Crippen LogP contribution in [0, 0.1) is 5.92 Å². The number of rotatable bonds is 5. The molecule has 0 saturated heterocycles. The Morgan fingerprint density at radius 1 is 0.913 bits per heavy atom. The summed E-state index contributed by atoms with van der Waals surface area (Å²) < 4.78 is 0. The molecule has 0 radical (unpaired) electrons. The summed E-state index contributed by atoms with van der Waals surface area (Å²) in [7, 11) is 0. The Balaban J connectivity index is 1.39. The molecule has 3 rings (SSSR count). The first kappa shape index (κ1) is 15.3. The van der Waals surface area contributed by atoms with Gasteiger partial charge < -0.3 is 0 Å². The highest BCUT2D eigenvalue weighted by Crippen LogP contribution is 2.47. The predicted molar refractivity (Wildman–Crippen MR) is 88.3 cm³/mol. The van der Waals surface area contributed by atoms with Crippen LogP contribution < -0.4 is 10.9 Å². The van der Waals surface area contributed by atoms with E-state index in [9.17, 15) is 9.59 Å². The van der Waals surface area contributed by atoms with Crippen LogP contribution in [0.2, 0.25) is 0 Å². The van der Waals surface area contributed by atoms with Crippen molar-refractivity contribution in [3.8, 4) is 0 Å². The molecule has 4 nitrogen and oxygen atoms in total. The number of hydrazine groups is 1. The SMILES string of the molecule is O=C(CCc1ccccc1)NNC(=O)C1CC1c1ccccc1. The molecule has 0 aromatic heterocycles. The van der Waals surface area contributed by atoms with Crippen LogP contribution in [0.3, 0.4) is 0 Å². The van der Waals surface area contributed by atoms with E-state index in [1.54, 1.807) is 0 Å². The van der Waals surface area contributed by atoms with Crippen LogP contribution in [-0.2, 0) is 16.0 Å². The third kappa shape index (κ3) is 4.19. The Kier molecular flexibility index (Phi) is 4.71. The maximum Gasteiger partial charge on any atom is 0.242 e. The number of amides is 2. The number of aryl methyl sites for hydroxylation is 1. The summed E-state index contributed by atoms with van der Waals surface area (Å²) in [5.41, 5.74) is 7.34. The Labute approximate surface area is 135 Å². The molecule has 23 heavy (non-hydrogen) atoms. The molecule has 0 spiro atoms. The molecule has 4 heteroatoms. The summed E-state index contributed by atoms with van der Waals surface area (Å²) in [4.78, 5) is 23.8. The van der Waals surface area contributed by atoms with E-state index >= 15 is 0 Å². The standard InChI is InChI=1S/C19H20N2O2/c22-18(12-11-14-7-3-1-4-8-14)20-21-19(23)17-13-16(17)15-9-5-2-6-10-15/h1-10,16-17H,11-13H2,(H,20,22)(H,21,23). The molecule has 1 fully saturated rings. The van der Waals surface area contributed by atoms with Gasteiger partial charge in [0, 0.05) is 12.3 Å². The van der Waals surface area contributed by atoms with E-state index in [-0.39, 0.29) is 23.7 Å². The van der Waals surface area contributed by atoms with Crippen molar-refractivity contribution in [1.29, 1.82) is 0 Å². The highest BCUT2D eigenvalue weighted by atomic mass is 16.2. The maximum atomic E-state index is 12.0. The number of hydrogen-bond acceptors (Lipinski definition) is 2. The topological polar surface area (TPSA) is 58.2 Å². The average Bonchev–Trinajstić information content (AvgIpc) is 3.40. The second-order valence-corrected chi connectivity index (χ2v) is 5.88. The fourth-order valence-electron chi connectivity index (χ4n) is 2.74. The van der Waals surface area contributed by atoms with Gasteiger partial charge in [-0.25, -0.2) is 0 Å². The molecule has 0 heterocycles. The number of carbonyl (C=O) groups is 2. The molecule has 0 bridgehead atoms. The van der Waals surface area contributed by atoms with E-state index in [1.807, 2.05) is 60.7 Å². The Morgan fingerprint density at radius 3 is 2.26 bits per heavy atom. The van der Waals surface area contributed by atoms with E-state index < -0.39 is 0 Å². The van der Waals surface area contributed by atoms with Gasteiger partial charge >= 0.3 is 0 Å². The minimum Gasteiger partial charge on any atom is -0.273 e. The van der Waals surface area contributed by atoms with E-state index in [4.69, 9.17) is 0 Å². The number of benzene rings is 2. The van der Waals surface area contributed by atoms with Gasteiger partial charge in [0.25, 0.3) is 0 Å². The predicted octanol–water partition coefficient (Wildman–Crippen LogP) is 2.57. The summed E-state index contributed by atoms with van der Waals surface area (Å²) in [6, 6.07) is 19.8. The molecule has 1 saturated carbocycles. The zero-order valence-corrected chi connectivity index (χ0v) is 12.9. The van der Waals surface area contributed by atoms with Crippen molar-refractivity contribution < 1.29 is 9.59 Å². The van der Waals surface area contributed by atoms with Gasteiger partial charge in [0.1, 0.15) is 0 Å². The maximum absolute atomic E-state index is 12.0. The van der Waals surface area contributed by atoms with Gasteiger partial charge in [-0.3, -0.25) is 20.4 Å². The largest absolute Gasteiger partial charge is 0.273 e. The summed E-state index contributed by atoms with van der Waals surface area (Å²) in [6.07, 6.45) is 1.87. The molecule has 1 aliphatic rings. The Morgan fingerprint density at radius 2 is 1.57 bits per heavy atom. The molecular formula is C19H20N2O2. The lowest BCUT2D eigenvalue weighted by atomic mass is 10.1. The van der Waals surface area contributed by atoms with E-state index in [0.29, 0.717) is 12.8 Å². The van der Waals surface area contributed by atoms with Crippen molar-refractivity contribution >= 4 is 11.8 Å². The molecular weight excluding hydrogens is 288 g/mol. The molecule has 1 aliphatic carbocycles. The smallest absolute Gasteiger partial charge is 0.242 e. The fourth-order valence-corrected chi connectivity index (χ4v) is 2.74. The van der Waals surface area contributed by atoms with Gasteiger partial charge in [-0.2, -0.15) is 0 Å². The average molecular weight is 308 g/mol. The van der Waals surface area contributed by atoms with Crippen molar-refractivity contribution in [2.45, 2.75) is 25.2 Å². The minimum absolute atomic E-state index is 0.0353. The summed E-state index contributed by atoms with van der Waals surface area (Å²) in [5.74, 6) is -0.0322. The van der Waals surface area contributed by atoms with Gasteiger partial charge in [0.05, 0.1) is 0 Å². The lowest BCUT2D eigenvalue weighted by Crippen LogP contribution is -2.42. The first-order valence-electron chi connectivity index (χ1n) is 7.91. The van der Waals surface area contributed by atoms with Crippen molar-refractivity contribution in [1.82, 2.24) is 10.9 Å². The lowest BCUT2D eigenvalue weighted by molar-refractivity contribution is -0.129. The quantitative estimate of drug-likeness (QED) is 0.834. The molecule has 0 aliphatic heterocycles. The number of carbonyl (C=O) groups excluding carboxylic acids is 2. The van der Waals surface area contributed by atoms with Gasteiger partial charge in [-0.1, -0.05) is 60.7 Å². The van der Waals surface area contributed by atoms with Crippen LogP contribution in [0.15, 0.2) is 60.7 Å². The molecule has 2 aromatic rings. The minimum atomic E-state index is -0.167. The molecule has 2 atom stereocenters. The van der Waals surface area contributed by atoms with Gasteiger partial charge in [-0.15, -0.1) is 0 Å². The number of hydrogen-bond donors (Lipinski definition) is 2. The van der Waals surface area contributed by atoms with Crippen molar-refractivity contribution in [2.75, 3.05) is 0 Å². The lowest BCUT2D eigenvalue weighted by Gasteiger charge is -2.07. The molecule has 2 N–H and O–H groups in total. The molecule has 2 unspecified atom stereocenters. The molecule has 2 aromatic carbocycles. The normalized spacial score (nSPS) is 19.0. The molecule has 118 valence electrons. The summed E-state index contributed by atoms with van der Waals surface area (Å²) >= 11 is 0. The van der Waals surface area contributed by atoms with Crippen molar-refractivity contribution in [3.05, 3.63) is 71.8 Å². The fraction of sp³-hybridized carbons (Fsp3) is 0.263. The first-order chi connectivity index (χ1) is 11.2. The van der Waals surface area contributed by atoms with Gasteiger partial charge in [-0.05, 0) is 29.9 Å². The monoisotopic (exact) mass is 308 g/mol. The third-order valence-corrected chi connectivity index (χ3v) is 4.16. The molecule has 2 amide bonds. The zero-order chi connectivity index (χ0) is 16.1. The summed E-state index contributed by atoms with van der Waals surface area (Å²) in [5, 5.41) is 0. The van der Waals surface area contributed by atoms with Gasteiger partial charge in [0.2, 0.25) is 11.8 Å². The van der Waals surface area contributed by atoms with E-state index in [0.717, 1.165) is 12.0 Å². The third-order valence-electron chi connectivity index (χ3n) is 4.16. The van der Waals surface area contributed by atoms with Crippen LogP contribution in [0.5, 0.6) is 0 Å². The summed E-state index contributed by atoms with van der Waals surface area (Å²) in [6.45, 7) is 0. The Bertz CT molecular complexity index is 670. The van der Waals surface area contributed by atoms with Crippen LogP contribution in [0.1, 0.15) is 29.9 Å². The second kappa shape index (κ2) is 7.09. The Hall–Kier alpha value is -2.62.